The SMILES string of the molecule is CCN(CCc1nc2ccc(OC)cc2[nH]1)Cc1nnc(C)s1. The lowest BCUT2D eigenvalue weighted by atomic mass is 10.3. The van der Waals surface area contributed by atoms with Crippen molar-refractivity contribution in [2.75, 3.05) is 20.2 Å². The molecule has 7 heteroatoms. The third-order valence-electron chi connectivity index (χ3n) is 3.78. The van der Waals surface area contributed by atoms with Gasteiger partial charge >= 0.3 is 0 Å². The second-order valence-corrected chi connectivity index (χ2v) is 6.67. The molecular weight excluding hydrogens is 310 g/mol. The maximum atomic E-state index is 5.25. The van der Waals surface area contributed by atoms with Gasteiger partial charge in [-0.05, 0) is 25.6 Å². The highest BCUT2D eigenvalue weighted by molar-refractivity contribution is 7.11. The zero-order valence-electron chi connectivity index (χ0n) is 13.7. The van der Waals surface area contributed by atoms with Gasteiger partial charge in [0.15, 0.2) is 0 Å². The Kier molecular flexibility index (Phi) is 4.88. The molecule has 0 saturated carbocycles. The molecule has 0 radical (unpaired) electrons. The number of ether oxygens (including phenoxy) is 1. The van der Waals surface area contributed by atoms with Gasteiger partial charge in [0, 0.05) is 19.0 Å². The highest BCUT2D eigenvalue weighted by atomic mass is 32.1. The van der Waals surface area contributed by atoms with E-state index in [0.717, 1.165) is 58.7 Å². The lowest BCUT2D eigenvalue weighted by Gasteiger charge is -2.17. The van der Waals surface area contributed by atoms with Gasteiger partial charge in [-0.1, -0.05) is 6.92 Å². The number of aryl methyl sites for hydroxylation is 1. The van der Waals surface area contributed by atoms with Crippen molar-refractivity contribution in [2.24, 2.45) is 0 Å². The first-order valence-corrected chi connectivity index (χ1v) is 8.53. The molecule has 0 fully saturated rings. The molecule has 3 rings (SSSR count). The summed E-state index contributed by atoms with van der Waals surface area (Å²) in [6, 6.07) is 5.90. The predicted octanol–water partition coefficient (Wildman–Crippen LogP) is 2.80. The fourth-order valence-electron chi connectivity index (χ4n) is 2.49. The molecule has 122 valence electrons. The molecule has 0 spiro atoms. The normalized spacial score (nSPS) is 11.5. The summed E-state index contributed by atoms with van der Waals surface area (Å²) < 4.78 is 5.25. The summed E-state index contributed by atoms with van der Waals surface area (Å²) in [6.45, 7) is 6.91. The van der Waals surface area contributed by atoms with Gasteiger partial charge in [-0.15, -0.1) is 21.5 Å². The Bertz CT molecular complexity index is 782. The number of hydrogen-bond donors (Lipinski definition) is 1. The summed E-state index contributed by atoms with van der Waals surface area (Å²) in [5.74, 6) is 1.84. The highest BCUT2D eigenvalue weighted by Crippen LogP contribution is 2.19. The lowest BCUT2D eigenvalue weighted by Crippen LogP contribution is -2.25. The summed E-state index contributed by atoms with van der Waals surface area (Å²) in [5, 5.41) is 10.4. The minimum absolute atomic E-state index is 0.842. The topological polar surface area (TPSA) is 66.9 Å². The van der Waals surface area contributed by atoms with Gasteiger partial charge in [0.1, 0.15) is 21.6 Å². The van der Waals surface area contributed by atoms with Crippen LogP contribution in [0.5, 0.6) is 5.75 Å². The highest BCUT2D eigenvalue weighted by Gasteiger charge is 2.10. The predicted molar refractivity (Wildman–Crippen MR) is 91.9 cm³/mol. The number of aromatic amines is 1. The van der Waals surface area contributed by atoms with Crippen LogP contribution in [0.2, 0.25) is 0 Å². The second-order valence-electron chi connectivity index (χ2n) is 5.40. The Morgan fingerprint density at radius 3 is 2.87 bits per heavy atom. The number of hydrogen-bond acceptors (Lipinski definition) is 6. The Labute approximate surface area is 139 Å². The third-order valence-corrected chi connectivity index (χ3v) is 4.60. The zero-order valence-corrected chi connectivity index (χ0v) is 14.5. The second kappa shape index (κ2) is 7.06. The first-order valence-electron chi connectivity index (χ1n) is 7.72. The number of benzene rings is 1. The average molecular weight is 331 g/mol. The quantitative estimate of drug-likeness (QED) is 0.721. The third kappa shape index (κ3) is 3.86. The van der Waals surface area contributed by atoms with Gasteiger partial charge in [-0.2, -0.15) is 0 Å². The first-order chi connectivity index (χ1) is 11.2. The Hall–Kier alpha value is -1.99. The number of nitrogens with one attached hydrogen (secondary N) is 1. The molecule has 0 amide bonds. The van der Waals surface area contributed by atoms with Gasteiger partial charge in [0.25, 0.3) is 0 Å². The van der Waals surface area contributed by atoms with E-state index < -0.39 is 0 Å². The Balaban J connectivity index is 1.64. The number of nitrogens with zero attached hydrogens (tertiary/aromatic N) is 4. The molecule has 2 heterocycles. The van der Waals surface area contributed by atoms with Crippen LogP contribution < -0.4 is 4.74 Å². The van der Waals surface area contributed by atoms with Crippen LogP contribution in [0.4, 0.5) is 0 Å². The number of aromatic nitrogens is 4. The van der Waals surface area contributed by atoms with Gasteiger partial charge in [0.05, 0.1) is 24.7 Å². The molecule has 0 aliphatic carbocycles. The van der Waals surface area contributed by atoms with Crippen LogP contribution in [0.15, 0.2) is 18.2 Å². The molecule has 0 aliphatic heterocycles. The molecule has 0 saturated heterocycles. The summed E-state index contributed by atoms with van der Waals surface area (Å²) in [6.07, 6.45) is 0.878. The van der Waals surface area contributed by atoms with Gasteiger partial charge in [-0.25, -0.2) is 4.98 Å². The molecule has 0 aliphatic rings. The molecule has 23 heavy (non-hydrogen) atoms. The van der Waals surface area contributed by atoms with Crippen LogP contribution in [0, 0.1) is 6.92 Å². The van der Waals surface area contributed by atoms with Crippen molar-refractivity contribution in [1.29, 1.82) is 0 Å². The molecule has 3 aromatic rings. The molecule has 1 aromatic carbocycles. The lowest BCUT2D eigenvalue weighted by molar-refractivity contribution is 0.281. The van der Waals surface area contributed by atoms with E-state index in [1.165, 1.54) is 0 Å². The molecule has 0 unspecified atom stereocenters. The van der Waals surface area contributed by atoms with Gasteiger partial charge < -0.3 is 9.72 Å². The van der Waals surface area contributed by atoms with Crippen molar-refractivity contribution in [2.45, 2.75) is 26.8 Å². The van der Waals surface area contributed by atoms with E-state index in [2.05, 4.69) is 32.0 Å². The van der Waals surface area contributed by atoms with E-state index >= 15 is 0 Å². The summed E-state index contributed by atoms with van der Waals surface area (Å²) >= 11 is 1.66. The largest absolute Gasteiger partial charge is 0.497 e. The smallest absolute Gasteiger partial charge is 0.131 e. The number of imidazole rings is 1. The van der Waals surface area contributed by atoms with Gasteiger partial charge in [-0.3, -0.25) is 4.90 Å². The molecule has 0 atom stereocenters. The average Bonchev–Trinajstić information content (AvgIpc) is 3.15. The van der Waals surface area contributed by atoms with Gasteiger partial charge in [0.2, 0.25) is 0 Å². The Morgan fingerprint density at radius 1 is 1.30 bits per heavy atom. The molecule has 0 bridgehead atoms. The molecular formula is C16H21N5OS. The van der Waals surface area contributed by atoms with E-state index in [9.17, 15) is 0 Å². The number of methoxy groups -OCH3 is 1. The number of likely N-dealkylation sites (N-methyl/N-ethyl adjacent to an activating group) is 1. The van der Waals surface area contributed by atoms with Crippen LogP contribution in [0.3, 0.4) is 0 Å². The Morgan fingerprint density at radius 2 is 2.17 bits per heavy atom. The summed E-state index contributed by atoms with van der Waals surface area (Å²) in [7, 11) is 1.67. The maximum absolute atomic E-state index is 5.25. The minimum Gasteiger partial charge on any atom is -0.497 e. The number of H-pyrrole nitrogens is 1. The zero-order chi connectivity index (χ0) is 16.2. The fraction of sp³-hybridized carbons (Fsp3) is 0.438. The minimum atomic E-state index is 0.842. The van der Waals surface area contributed by atoms with E-state index in [-0.39, 0.29) is 0 Å². The van der Waals surface area contributed by atoms with E-state index in [1.807, 2.05) is 25.1 Å². The van der Waals surface area contributed by atoms with Crippen molar-refractivity contribution in [3.63, 3.8) is 0 Å². The summed E-state index contributed by atoms with van der Waals surface area (Å²) in [4.78, 5) is 10.4. The van der Waals surface area contributed by atoms with Crippen LogP contribution in [0.1, 0.15) is 22.8 Å². The maximum Gasteiger partial charge on any atom is 0.131 e. The van der Waals surface area contributed by atoms with Crippen LogP contribution >= 0.6 is 11.3 Å². The van der Waals surface area contributed by atoms with E-state index in [0.29, 0.717) is 0 Å². The summed E-state index contributed by atoms with van der Waals surface area (Å²) in [5.41, 5.74) is 1.99. The number of fused-ring (bicyclic) bond motifs is 1. The molecule has 2 aromatic heterocycles. The van der Waals surface area contributed by atoms with Crippen LogP contribution in [-0.4, -0.2) is 45.3 Å². The fourth-order valence-corrected chi connectivity index (χ4v) is 3.24. The first kappa shape index (κ1) is 15.9. The van der Waals surface area contributed by atoms with Crippen LogP contribution in [0.25, 0.3) is 11.0 Å². The van der Waals surface area contributed by atoms with Crippen molar-refractivity contribution >= 4 is 22.4 Å². The number of rotatable bonds is 7. The van der Waals surface area contributed by atoms with E-state index in [1.54, 1.807) is 18.4 Å². The molecule has 1 N–H and O–H groups in total. The van der Waals surface area contributed by atoms with Crippen molar-refractivity contribution in [1.82, 2.24) is 25.1 Å². The molecule has 6 nitrogen and oxygen atoms in total. The standard InChI is InChI=1S/C16H21N5OS/c1-4-21(10-16-20-19-11(2)23-16)8-7-15-17-13-6-5-12(22-3)9-14(13)18-15/h5-6,9H,4,7-8,10H2,1-3H3,(H,17,18). The van der Waals surface area contributed by atoms with Crippen LogP contribution in [-0.2, 0) is 13.0 Å². The van der Waals surface area contributed by atoms with Crippen molar-refractivity contribution in [3.05, 3.63) is 34.0 Å². The van der Waals surface area contributed by atoms with Crippen molar-refractivity contribution in [3.8, 4) is 5.75 Å². The monoisotopic (exact) mass is 331 g/mol. The van der Waals surface area contributed by atoms with E-state index in [4.69, 9.17) is 4.74 Å². The van der Waals surface area contributed by atoms with Crippen molar-refractivity contribution < 1.29 is 4.74 Å².